The Hall–Kier alpha value is -1.12. The quantitative estimate of drug-likeness (QED) is 0.355. The van der Waals surface area contributed by atoms with Gasteiger partial charge in [0.05, 0.1) is 12.7 Å². The van der Waals surface area contributed by atoms with Crippen LogP contribution in [0.1, 0.15) is 70.3 Å². The van der Waals surface area contributed by atoms with Gasteiger partial charge in [0.15, 0.2) is 0 Å². The van der Waals surface area contributed by atoms with E-state index in [-0.39, 0.29) is 6.10 Å². The highest BCUT2D eigenvalue weighted by Crippen LogP contribution is 2.08. The van der Waals surface area contributed by atoms with Gasteiger partial charge in [0.1, 0.15) is 0 Å². The van der Waals surface area contributed by atoms with Gasteiger partial charge in [-0.15, -0.1) is 0 Å². The maximum Gasteiger partial charge on any atom is 0.0716 e. The summed E-state index contributed by atoms with van der Waals surface area (Å²) in [5.74, 6) is 0. The molecular formula is C21H34O2. The predicted molar refractivity (Wildman–Crippen MR) is 98.5 cm³/mol. The fraction of sp³-hybridized carbons (Fsp3) is 0.619. The average molecular weight is 319 g/mol. The van der Waals surface area contributed by atoms with E-state index < -0.39 is 0 Å². The van der Waals surface area contributed by atoms with E-state index in [0.717, 1.165) is 25.7 Å². The van der Waals surface area contributed by atoms with Crippen LogP contribution in [0.2, 0.25) is 0 Å². The van der Waals surface area contributed by atoms with Crippen LogP contribution in [0.3, 0.4) is 0 Å². The van der Waals surface area contributed by atoms with Crippen LogP contribution >= 0.6 is 0 Å². The molecule has 0 aliphatic rings. The fourth-order valence-electron chi connectivity index (χ4n) is 2.52. The molecule has 0 saturated heterocycles. The second-order valence-corrected chi connectivity index (χ2v) is 6.23. The first kappa shape index (κ1) is 19.9. The lowest BCUT2D eigenvalue weighted by Crippen LogP contribution is -2.10. The third-order valence-corrected chi connectivity index (χ3v) is 4.01. The van der Waals surface area contributed by atoms with Crippen molar-refractivity contribution in [2.24, 2.45) is 0 Å². The van der Waals surface area contributed by atoms with E-state index in [0.29, 0.717) is 13.2 Å². The van der Waals surface area contributed by atoms with E-state index in [4.69, 9.17) is 4.74 Å². The van der Waals surface area contributed by atoms with Gasteiger partial charge in [0, 0.05) is 6.61 Å². The summed E-state index contributed by atoms with van der Waals surface area (Å²) in [6.07, 6.45) is 14.6. The number of allylic oxidation sites excluding steroid dienone is 2. The van der Waals surface area contributed by atoms with Crippen molar-refractivity contribution in [1.82, 2.24) is 0 Å². The van der Waals surface area contributed by atoms with Crippen LogP contribution < -0.4 is 0 Å². The van der Waals surface area contributed by atoms with Crippen molar-refractivity contribution in [2.45, 2.75) is 77.4 Å². The monoisotopic (exact) mass is 318 g/mol. The van der Waals surface area contributed by atoms with Crippen molar-refractivity contribution in [3.63, 3.8) is 0 Å². The zero-order valence-electron chi connectivity index (χ0n) is 14.8. The van der Waals surface area contributed by atoms with Gasteiger partial charge in [-0.2, -0.15) is 0 Å². The zero-order chi connectivity index (χ0) is 16.6. The Balaban J connectivity index is 1.90. The van der Waals surface area contributed by atoms with Crippen molar-refractivity contribution in [1.29, 1.82) is 0 Å². The van der Waals surface area contributed by atoms with Crippen LogP contribution in [0.25, 0.3) is 0 Å². The van der Waals surface area contributed by atoms with Crippen LogP contribution in [-0.4, -0.2) is 17.8 Å². The van der Waals surface area contributed by atoms with E-state index in [9.17, 15) is 5.11 Å². The Morgan fingerprint density at radius 1 is 0.957 bits per heavy atom. The van der Waals surface area contributed by atoms with Crippen LogP contribution in [0.5, 0.6) is 0 Å². The van der Waals surface area contributed by atoms with Gasteiger partial charge >= 0.3 is 0 Å². The summed E-state index contributed by atoms with van der Waals surface area (Å²) in [5, 5.41) is 9.94. The first-order chi connectivity index (χ1) is 11.3. The summed E-state index contributed by atoms with van der Waals surface area (Å²) in [6, 6.07) is 10.2. The number of rotatable bonds is 14. The van der Waals surface area contributed by atoms with E-state index in [1.165, 1.54) is 37.7 Å². The molecule has 130 valence electrons. The summed E-state index contributed by atoms with van der Waals surface area (Å²) in [6.45, 7) is 3.51. The minimum absolute atomic E-state index is 0.233. The van der Waals surface area contributed by atoms with Crippen LogP contribution in [0.4, 0.5) is 0 Å². The van der Waals surface area contributed by atoms with Crippen LogP contribution in [0, 0.1) is 0 Å². The molecule has 0 unspecified atom stereocenters. The minimum atomic E-state index is -0.233. The molecule has 0 spiro atoms. The lowest BCUT2D eigenvalue weighted by Gasteiger charge is -2.10. The molecule has 0 aliphatic carbocycles. The molecule has 2 heteroatoms. The minimum Gasteiger partial charge on any atom is -0.393 e. The number of hydrogen-bond donors (Lipinski definition) is 1. The van der Waals surface area contributed by atoms with E-state index in [2.05, 4.69) is 31.2 Å². The molecule has 0 bridgehead atoms. The highest BCUT2D eigenvalue weighted by Gasteiger charge is 2.03. The maximum atomic E-state index is 9.94. The molecule has 0 saturated carbocycles. The van der Waals surface area contributed by atoms with E-state index in [1.807, 2.05) is 18.2 Å². The Morgan fingerprint density at radius 3 is 2.43 bits per heavy atom. The molecule has 23 heavy (non-hydrogen) atoms. The molecule has 2 nitrogen and oxygen atoms in total. The van der Waals surface area contributed by atoms with Crippen molar-refractivity contribution in [3.8, 4) is 0 Å². The number of hydrogen-bond acceptors (Lipinski definition) is 2. The first-order valence-electron chi connectivity index (χ1n) is 9.27. The van der Waals surface area contributed by atoms with Gasteiger partial charge < -0.3 is 9.84 Å². The second kappa shape index (κ2) is 14.5. The number of aliphatic hydroxyl groups is 1. The highest BCUT2D eigenvalue weighted by molar-refractivity contribution is 5.13. The second-order valence-electron chi connectivity index (χ2n) is 6.23. The molecule has 0 heterocycles. The zero-order valence-corrected chi connectivity index (χ0v) is 14.8. The molecule has 1 atom stereocenters. The van der Waals surface area contributed by atoms with Crippen molar-refractivity contribution >= 4 is 0 Å². The number of ether oxygens (including phenoxy) is 1. The topological polar surface area (TPSA) is 29.5 Å². The first-order valence-corrected chi connectivity index (χ1v) is 9.27. The van der Waals surface area contributed by atoms with Crippen molar-refractivity contribution in [2.75, 3.05) is 6.61 Å². The van der Waals surface area contributed by atoms with Gasteiger partial charge in [-0.1, -0.05) is 68.7 Å². The Kier molecular flexibility index (Phi) is 12.5. The molecule has 1 aromatic carbocycles. The Bertz CT molecular complexity index is 386. The molecule has 0 aliphatic heterocycles. The lowest BCUT2D eigenvalue weighted by molar-refractivity contribution is 0.0693. The molecule has 0 amide bonds. The molecule has 1 N–H and O–H groups in total. The van der Waals surface area contributed by atoms with Gasteiger partial charge in [0.25, 0.3) is 0 Å². The fourth-order valence-corrected chi connectivity index (χ4v) is 2.52. The predicted octanol–water partition coefficient (Wildman–Crippen LogP) is 5.65. The van der Waals surface area contributed by atoms with Gasteiger partial charge in [-0.25, -0.2) is 0 Å². The summed E-state index contributed by atoms with van der Waals surface area (Å²) < 4.78 is 5.61. The van der Waals surface area contributed by atoms with Crippen molar-refractivity contribution in [3.05, 3.63) is 48.0 Å². The largest absolute Gasteiger partial charge is 0.393 e. The third-order valence-electron chi connectivity index (χ3n) is 4.01. The summed E-state index contributed by atoms with van der Waals surface area (Å²) in [7, 11) is 0. The maximum absolute atomic E-state index is 9.94. The highest BCUT2D eigenvalue weighted by atomic mass is 16.5. The van der Waals surface area contributed by atoms with Crippen LogP contribution in [0.15, 0.2) is 42.5 Å². The Morgan fingerprint density at radius 2 is 1.70 bits per heavy atom. The van der Waals surface area contributed by atoms with Crippen molar-refractivity contribution < 1.29 is 9.84 Å². The normalized spacial score (nSPS) is 12.8. The van der Waals surface area contributed by atoms with Gasteiger partial charge in [0.2, 0.25) is 0 Å². The van der Waals surface area contributed by atoms with Gasteiger partial charge in [-0.3, -0.25) is 0 Å². The molecule has 1 rings (SSSR count). The summed E-state index contributed by atoms with van der Waals surface area (Å²) in [4.78, 5) is 0. The molecule has 0 radical (unpaired) electrons. The smallest absolute Gasteiger partial charge is 0.0716 e. The molecule has 0 fully saturated rings. The van der Waals surface area contributed by atoms with Gasteiger partial charge in [-0.05, 0) is 44.1 Å². The van der Waals surface area contributed by atoms with E-state index >= 15 is 0 Å². The SMILES string of the molecule is CCCCCC/C=C\CCC[C@@H](O)CCOCc1ccccc1. The molecule has 1 aromatic rings. The number of unbranched alkanes of at least 4 members (excludes halogenated alkanes) is 5. The lowest BCUT2D eigenvalue weighted by atomic mass is 10.1. The average Bonchev–Trinajstić information content (AvgIpc) is 2.58. The third kappa shape index (κ3) is 12.0. The standard InChI is InChI=1S/C21H34O2/c1-2-3-4-5-6-7-8-9-13-16-21(22)17-18-23-19-20-14-11-10-12-15-20/h7-8,10-12,14-15,21-22H,2-6,9,13,16-19H2,1H3/b8-7-/t21-/m1/s1. The summed E-state index contributed by atoms with van der Waals surface area (Å²) >= 11 is 0. The van der Waals surface area contributed by atoms with E-state index in [1.54, 1.807) is 0 Å². The van der Waals surface area contributed by atoms with Crippen LogP contribution in [-0.2, 0) is 11.3 Å². The number of aliphatic hydroxyl groups excluding tert-OH is 1. The molecule has 0 aromatic heterocycles. The summed E-state index contributed by atoms with van der Waals surface area (Å²) in [5.41, 5.74) is 1.19. The Labute approximate surface area is 142 Å². The number of benzene rings is 1. The molecular weight excluding hydrogens is 284 g/mol.